The Bertz CT molecular complexity index is 673. The minimum Gasteiger partial charge on any atom is -0.493 e. The van der Waals surface area contributed by atoms with Crippen LogP contribution < -0.4 is 9.47 Å². The summed E-state index contributed by atoms with van der Waals surface area (Å²) < 4.78 is 11.4. The Kier molecular flexibility index (Phi) is 3.30. The molecule has 20 heavy (non-hydrogen) atoms. The Balaban J connectivity index is 1.95. The van der Waals surface area contributed by atoms with Crippen LogP contribution in [0.4, 0.5) is 0 Å². The summed E-state index contributed by atoms with van der Waals surface area (Å²) in [4.78, 5) is 0. The maximum Gasteiger partial charge on any atom is 0.179 e. The van der Waals surface area contributed by atoms with E-state index in [2.05, 4.69) is 18.2 Å². The predicted octanol–water partition coefficient (Wildman–Crippen LogP) is 3.63. The lowest BCUT2D eigenvalue weighted by atomic mass is 10.1. The fourth-order valence-electron chi connectivity index (χ4n) is 2.67. The molecule has 0 saturated heterocycles. The normalized spacial score (nSPS) is 16.3. The molecule has 2 aromatic carbocycles. The lowest BCUT2D eigenvalue weighted by Crippen LogP contribution is -2.06. The molecule has 0 N–H and O–H groups in total. The summed E-state index contributed by atoms with van der Waals surface area (Å²) in [6.45, 7) is 0. The molecular formula is C17H15NO2. The van der Waals surface area contributed by atoms with Crippen LogP contribution in [-0.4, -0.2) is 7.11 Å². The highest BCUT2D eigenvalue weighted by atomic mass is 16.5. The van der Waals surface area contributed by atoms with Gasteiger partial charge < -0.3 is 9.47 Å². The van der Waals surface area contributed by atoms with Gasteiger partial charge >= 0.3 is 0 Å². The van der Waals surface area contributed by atoms with Crippen molar-refractivity contribution in [2.75, 3.05) is 7.11 Å². The van der Waals surface area contributed by atoms with E-state index in [0.717, 1.165) is 12.8 Å². The largest absolute Gasteiger partial charge is 0.493 e. The Hall–Kier alpha value is -2.47. The number of nitriles is 1. The molecule has 0 radical (unpaired) electrons. The lowest BCUT2D eigenvalue weighted by molar-refractivity contribution is 0.198. The molecule has 0 aliphatic heterocycles. The number of rotatable bonds is 3. The van der Waals surface area contributed by atoms with E-state index in [-0.39, 0.29) is 6.10 Å². The van der Waals surface area contributed by atoms with Gasteiger partial charge in [-0.15, -0.1) is 0 Å². The van der Waals surface area contributed by atoms with Crippen LogP contribution in [0.1, 0.15) is 29.2 Å². The van der Waals surface area contributed by atoms with Gasteiger partial charge in [-0.2, -0.15) is 5.26 Å². The van der Waals surface area contributed by atoms with Crippen LogP contribution in [0.3, 0.4) is 0 Å². The Morgan fingerprint density at radius 3 is 2.80 bits per heavy atom. The van der Waals surface area contributed by atoms with Crippen LogP contribution in [0.5, 0.6) is 11.5 Å². The van der Waals surface area contributed by atoms with E-state index >= 15 is 0 Å². The highest BCUT2D eigenvalue weighted by Gasteiger charge is 2.25. The second-order valence-electron chi connectivity index (χ2n) is 4.79. The maximum absolute atomic E-state index is 9.22. The summed E-state index contributed by atoms with van der Waals surface area (Å²) in [5.41, 5.74) is 3.04. The van der Waals surface area contributed by atoms with Gasteiger partial charge in [-0.1, -0.05) is 30.3 Å². The molecule has 0 bridgehead atoms. The predicted molar refractivity (Wildman–Crippen MR) is 75.8 cm³/mol. The van der Waals surface area contributed by atoms with E-state index in [4.69, 9.17) is 9.47 Å². The van der Waals surface area contributed by atoms with Crippen molar-refractivity contribution < 1.29 is 9.47 Å². The van der Waals surface area contributed by atoms with E-state index in [9.17, 15) is 5.26 Å². The van der Waals surface area contributed by atoms with Crippen molar-refractivity contribution in [3.05, 3.63) is 59.2 Å². The van der Waals surface area contributed by atoms with Crippen LogP contribution >= 0.6 is 0 Å². The Morgan fingerprint density at radius 2 is 2.00 bits per heavy atom. The van der Waals surface area contributed by atoms with Crippen molar-refractivity contribution >= 4 is 0 Å². The Morgan fingerprint density at radius 1 is 1.15 bits per heavy atom. The van der Waals surface area contributed by atoms with Crippen molar-refractivity contribution in [2.45, 2.75) is 18.9 Å². The zero-order valence-corrected chi connectivity index (χ0v) is 11.3. The average Bonchev–Trinajstić information content (AvgIpc) is 2.91. The molecule has 100 valence electrons. The average molecular weight is 265 g/mol. The van der Waals surface area contributed by atoms with Crippen LogP contribution in [0, 0.1) is 11.3 Å². The SMILES string of the molecule is COc1cccc(C#N)c1OC1CCc2ccccc21. The number of hydrogen-bond acceptors (Lipinski definition) is 3. The number of nitrogens with zero attached hydrogens (tertiary/aromatic N) is 1. The topological polar surface area (TPSA) is 42.2 Å². The Labute approximate surface area is 118 Å². The van der Waals surface area contributed by atoms with E-state index in [1.165, 1.54) is 11.1 Å². The van der Waals surface area contributed by atoms with Crippen molar-refractivity contribution in [1.82, 2.24) is 0 Å². The number of aryl methyl sites for hydroxylation is 1. The second kappa shape index (κ2) is 5.26. The van der Waals surface area contributed by atoms with Gasteiger partial charge in [0, 0.05) is 0 Å². The van der Waals surface area contributed by atoms with Gasteiger partial charge in [-0.3, -0.25) is 0 Å². The minimum absolute atomic E-state index is 0.00500. The molecule has 1 aliphatic rings. The highest BCUT2D eigenvalue weighted by Crippen LogP contribution is 2.39. The smallest absolute Gasteiger partial charge is 0.179 e. The molecule has 3 rings (SSSR count). The third kappa shape index (κ3) is 2.10. The van der Waals surface area contributed by atoms with Gasteiger partial charge in [0.25, 0.3) is 0 Å². The van der Waals surface area contributed by atoms with Crippen LogP contribution in [0.2, 0.25) is 0 Å². The second-order valence-corrected chi connectivity index (χ2v) is 4.79. The first-order valence-electron chi connectivity index (χ1n) is 6.65. The van der Waals surface area contributed by atoms with E-state index in [1.807, 2.05) is 18.2 Å². The molecule has 3 nitrogen and oxygen atoms in total. The fraction of sp³-hybridized carbons (Fsp3) is 0.235. The third-order valence-electron chi connectivity index (χ3n) is 3.66. The summed E-state index contributed by atoms with van der Waals surface area (Å²) in [6.07, 6.45) is 1.94. The molecule has 0 spiro atoms. The molecule has 1 unspecified atom stereocenters. The summed E-state index contributed by atoms with van der Waals surface area (Å²) in [6, 6.07) is 15.8. The maximum atomic E-state index is 9.22. The van der Waals surface area contributed by atoms with Gasteiger partial charge in [0.05, 0.1) is 12.7 Å². The third-order valence-corrected chi connectivity index (χ3v) is 3.66. The zero-order valence-electron chi connectivity index (χ0n) is 11.3. The zero-order chi connectivity index (χ0) is 13.9. The lowest BCUT2D eigenvalue weighted by Gasteiger charge is -2.18. The number of ether oxygens (including phenoxy) is 2. The number of hydrogen-bond donors (Lipinski definition) is 0. The first kappa shape index (κ1) is 12.6. The van der Waals surface area contributed by atoms with Crippen molar-refractivity contribution in [2.24, 2.45) is 0 Å². The standard InChI is InChI=1S/C17H15NO2/c1-19-16-8-4-6-13(11-18)17(16)20-15-10-9-12-5-2-3-7-14(12)15/h2-8,15H,9-10H2,1H3. The fourth-order valence-corrected chi connectivity index (χ4v) is 2.67. The highest BCUT2D eigenvalue weighted by molar-refractivity contribution is 5.53. The van der Waals surface area contributed by atoms with Gasteiger partial charge in [-0.25, -0.2) is 0 Å². The monoisotopic (exact) mass is 265 g/mol. The van der Waals surface area contributed by atoms with Crippen molar-refractivity contribution in [3.63, 3.8) is 0 Å². The molecular weight excluding hydrogens is 250 g/mol. The summed E-state index contributed by atoms with van der Waals surface area (Å²) >= 11 is 0. The summed E-state index contributed by atoms with van der Waals surface area (Å²) in [5, 5.41) is 9.22. The van der Waals surface area contributed by atoms with Gasteiger partial charge in [0.2, 0.25) is 0 Å². The number of benzene rings is 2. The number of para-hydroxylation sites is 1. The van der Waals surface area contributed by atoms with Gasteiger partial charge in [0.15, 0.2) is 11.5 Å². The summed E-state index contributed by atoms with van der Waals surface area (Å²) in [5.74, 6) is 1.15. The molecule has 3 heteroatoms. The summed E-state index contributed by atoms with van der Waals surface area (Å²) in [7, 11) is 1.59. The molecule has 0 aromatic heterocycles. The first-order chi connectivity index (χ1) is 9.83. The van der Waals surface area contributed by atoms with Crippen molar-refractivity contribution in [3.8, 4) is 17.6 Å². The first-order valence-corrected chi connectivity index (χ1v) is 6.65. The van der Waals surface area contributed by atoms with E-state index in [0.29, 0.717) is 17.1 Å². The quantitative estimate of drug-likeness (QED) is 0.851. The number of fused-ring (bicyclic) bond motifs is 1. The van der Waals surface area contributed by atoms with Crippen LogP contribution in [-0.2, 0) is 6.42 Å². The van der Waals surface area contributed by atoms with Crippen LogP contribution in [0.15, 0.2) is 42.5 Å². The minimum atomic E-state index is -0.00500. The molecule has 2 aromatic rings. The molecule has 0 amide bonds. The van der Waals surface area contributed by atoms with Crippen molar-refractivity contribution in [1.29, 1.82) is 5.26 Å². The van der Waals surface area contributed by atoms with Gasteiger partial charge in [0.1, 0.15) is 12.2 Å². The molecule has 0 saturated carbocycles. The molecule has 0 heterocycles. The molecule has 1 aliphatic carbocycles. The van der Waals surface area contributed by atoms with Crippen LogP contribution in [0.25, 0.3) is 0 Å². The van der Waals surface area contributed by atoms with Gasteiger partial charge in [-0.05, 0) is 36.1 Å². The molecule has 0 fully saturated rings. The molecule has 1 atom stereocenters. The van der Waals surface area contributed by atoms with E-state index in [1.54, 1.807) is 19.2 Å². The van der Waals surface area contributed by atoms with E-state index < -0.39 is 0 Å². The number of methoxy groups -OCH3 is 1.